The van der Waals surface area contributed by atoms with E-state index in [-0.39, 0.29) is 23.7 Å². The van der Waals surface area contributed by atoms with Gasteiger partial charge in [-0.1, -0.05) is 11.6 Å². The van der Waals surface area contributed by atoms with E-state index in [1.165, 1.54) is 18.3 Å². The standard InChI is InChI=1S/C11H9ClF3N3O/c12-9-6-8(2-4-17-9)10(19)18(5-1-3-16)7-11(13,14)15/h2,4,6H,1,5,7H2. The molecule has 0 saturated heterocycles. The summed E-state index contributed by atoms with van der Waals surface area (Å²) in [5.74, 6) is -0.836. The number of nitrogens with zero attached hydrogens (tertiary/aromatic N) is 3. The van der Waals surface area contributed by atoms with E-state index in [9.17, 15) is 18.0 Å². The topological polar surface area (TPSA) is 57.0 Å². The van der Waals surface area contributed by atoms with Gasteiger partial charge in [-0.15, -0.1) is 0 Å². The third-order valence-corrected chi connectivity index (χ3v) is 2.33. The normalized spacial score (nSPS) is 10.9. The first-order valence-corrected chi connectivity index (χ1v) is 5.56. The molecule has 0 bridgehead atoms. The van der Waals surface area contributed by atoms with Gasteiger partial charge in [0.1, 0.15) is 11.7 Å². The lowest BCUT2D eigenvalue weighted by Gasteiger charge is -2.23. The van der Waals surface area contributed by atoms with Crippen molar-refractivity contribution in [3.63, 3.8) is 0 Å². The summed E-state index contributed by atoms with van der Waals surface area (Å²) in [5, 5.41) is 8.42. The number of carbonyl (C=O) groups is 1. The van der Waals surface area contributed by atoms with Crippen LogP contribution in [0, 0.1) is 11.3 Å². The zero-order valence-electron chi connectivity index (χ0n) is 9.62. The Labute approximate surface area is 112 Å². The average molecular weight is 292 g/mol. The highest BCUT2D eigenvalue weighted by molar-refractivity contribution is 6.29. The molecule has 0 unspecified atom stereocenters. The summed E-state index contributed by atoms with van der Waals surface area (Å²) >= 11 is 5.57. The summed E-state index contributed by atoms with van der Waals surface area (Å²) in [5.41, 5.74) is 0.00203. The van der Waals surface area contributed by atoms with Crippen molar-refractivity contribution in [1.29, 1.82) is 5.26 Å². The molecule has 0 spiro atoms. The predicted molar refractivity (Wildman–Crippen MR) is 61.4 cm³/mol. The maximum atomic E-state index is 12.4. The Morgan fingerprint density at radius 1 is 1.53 bits per heavy atom. The van der Waals surface area contributed by atoms with E-state index < -0.39 is 18.6 Å². The Morgan fingerprint density at radius 3 is 2.74 bits per heavy atom. The summed E-state index contributed by atoms with van der Waals surface area (Å²) in [7, 11) is 0. The maximum Gasteiger partial charge on any atom is 0.406 e. The molecule has 1 rings (SSSR count). The van der Waals surface area contributed by atoms with Crippen LogP contribution in [0.1, 0.15) is 16.8 Å². The first-order chi connectivity index (χ1) is 8.83. The fraction of sp³-hybridized carbons (Fsp3) is 0.364. The predicted octanol–water partition coefficient (Wildman–Crippen LogP) is 2.65. The number of aromatic nitrogens is 1. The molecule has 0 N–H and O–H groups in total. The molecule has 0 fully saturated rings. The van der Waals surface area contributed by atoms with Crippen molar-refractivity contribution in [3.05, 3.63) is 29.0 Å². The fourth-order valence-corrected chi connectivity index (χ4v) is 1.55. The van der Waals surface area contributed by atoms with E-state index in [4.69, 9.17) is 16.9 Å². The van der Waals surface area contributed by atoms with E-state index in [1.54, 1.807) is 6.07 Å². The smallest absolute Gasteiger partial charge is 0.329 e. The summed E-state index contributed by atoms with van der Waals surface area (Å²) in [6.45, 7) is -1.71. The molecule has 1 amide bonds. The number of carbonyl (C=O) groups excluding carboxylic acids is 1. The molecule has 0 atom stereocenters. The van der Waals surface area contributed by atoms with Gasteiger partial charge in [-0.2, -0.15) is 18.4 Å². The highest BCUT2D eigenvalue weighted by atomic mass is 35.5. The third kappa shape index (κ3) is 5.14. The second kappa shape index (κ2) is 6.38. The molecule has 0 aliphatic rings. The number of amides is 1. The van der Waals surface area contributed by atoms with Gasteiger partial charge in [0, 0.05) is 18.3 Å². The van der Waals surface area contributed by atoms with Gasteiger partial charge in [-0.05, 0) is 12.1 Å². The molecule has 0 saturated carbocycles. The van der Waals surface area contributed by atoms with Crippen molar-refractivity contribution in [2.24, 2.45) is 0 Å². The van der Waals surface area contributed by atoms with Crippen molar-refractivity contribution in [2.45, 2.75) is 12.6 Å². The molecule has 1 heterocycles. The molecular formula is C11H9ClF3N3O. The molecular weight excluding hydrogens is 283 g/mol. The van der Waals surface area contributed by atoms with Gasteiger partial charge in [-0.3, -0.25) is 4.79 Å². The van der Waals surface area contributed by atoms with Gasteiger partial charge < -0.3 is 4.90 Å². The first kappa shape index (κ1) is 15.2. The van der Waals surface area contributed by atoms with E-state index in [1.807, 2.05) is 0 Å². The monoisotopic (exact) mass is 291 g/mol. The Hall–Kier alpha value is -1.81. The Bertz CT molecular complexity index is 499. The van der Waals surface area contributed by atoms with Gasteiger partial charge in [0.15, 0.2) is 0 Å². The van der Waals surface area contributed by atoms with E-state index in [0.29, 0.717) is 4.90 Å². The van der Waals surface area contributed by atoms with Crippen LogP contribution in [0.3, 0.4) is 0 Å². The lowest BCUT2D eigenvalue weighted by molar-refractivity contribution is -0.140. The molecule has 1 aromatic rings. The molecule has 19 heavy (non-hydrogen) atoms. The molecule has 1 aromatic heterocycles. The van der Waals surface area contributed by atoms with Crippen LogP contribution in [0.2, 0.25) is 5.15 Å². The largest absolute Gasteiger partial charge is 0.406 e. The van der Waals surface area contributed by atoms with Crippen LogP contribution >= 0.6 is 11.6 Å². The van der Waals surface area contributed by atoms with E-state index in [2.05, 4.69) is 4.98 Å². The van der Waals surface area contributed by atoms with Crippen molar-refractivity contribution >= 4 is 17.5 Å². The number of rotatable bonds is 4. The summed E-state index contributed by atoms with van der Waals surface area (Å²) < 4.78 is 37.1. The quantitative estimate of drug-likeness (QED) is 0.801. The minimum absolute atomic E-state index is 0.00203. The molecule has 0 aromatic carbocycles. The molecule has 0 radical (unpaired) electrons. The first-order valence-electron chi connectivity index (χ1n) is 5.18. The van der Waals surface area contributed by atoms with Gasteiger partial charge in [0.05, 0.1) is 12.5 Å². The van der Waals surface area contributed by atoms with Crippen LogP contribution in [0.25, 0.3) is 0 Å². The van der Waals surface area contributed by atoms with Crippen LogP contribution in [-0.2, 0) is 0 Å². The minimum Gasteiger partial charge on any atom is -0.329 e. The second-order valence-corrected chi connectivity index (χ2v) is 4.00. The lowest BCUT2D eigenvalue weighted by atomic mass is 10.2. The number of pyridine rings is 1. The highest BCUT2D eigenvalue weighted by Crippen LogP contribution is 2.19. The lowest BCUT2D eigenvalue weighted by Crippen LogP contribution is -2.39. The Kier molecular flexibility index (Phi) is 5.12. The van der Waals surface area contributed by atoms with E-state index >= 15 is 0 Å². The van der Waals surface area contributed by atoms with Gasteiger partial charge in [-0.25, -0.2) is 4.98 Å². The Balaban J connectivity index is 2.91. The summed E-state index contributed by atoms with van der Waals surface area (Å²) in [6, 6.07) is 4.15. The number of hydrogen-bond donors (Lipinski definition) is 0. The van der Waals surface area contributed by atoms with Gasteiger partial charge in [0.2, 0.25) is 0 Å². The molecule has 4 nitrogen and oxygen atoms in total. The maximum absolute atomic E-state index is 12.4. The Morgan fingerprint density at radius 2 is 2.21 bits per heavy atom. The highest BCUT2D eigenvalue weighted by Gasteiger charge is 2.33. The van der Waals surface area contributed by atoms with Gasteiger partial charge >= 0.3 is 6.18 Å². The van der Waals surface area contributed by atoms with Gasteiger partial charge in [0.25, 0.3) is 5.91 Å². The summed E-state index contributed by atoms with van der Waals surface area (Å²) in [4.78, 5) is 16.1. The number of alkyl halides is 3. The van der Waals surface area contributed by atoms with Crippen LogP contribution in [0.4, 0.5) is 13.2 Å². The zero-order chi connectivity index (χ0) is 14.5. The van der Waals surface area contributed by atoms with Crippen LogP contribution in [0.15, 0.2) is 18.3 Å². The summed E-state index contributed by atoms with van der Waals surface area (Å²) in [6.07, 6.45) is -3.48. The van der Waals surface area contributed by atoms with Crippen molar-refractivity contribution in [2.75, 3.05) is 13.1 Å². The number of hydrogen-bond acceptors (Lipinski definition) is 3. The third-order valence-electron chi connectivity index (χ3n) is 2.12. The molecule has 102 valence electrons. The van der Waals surface area contributed by atoms with E-state index in [0.717, 1.165) is 0 Å². The molecule has 8 heteroatoms. The minimum atomic E-state index is -4.53. The van der Waals surface area contributed by atoms with Crippen LogP contribution in [-0.4, -0.2) is 35.1 Å². The van der Waals surface area contributed by atoms with Crippen LogP contribution in [0.5, 0.6) is 0 Å². The average Bonchev–Trinajstić information content (AvgIpc) is 2.32. The van der Waals surface area contributed by atoms with Crippen molar-refractivity contribution in [1.82, 2.24) is 9.88 Å². The number of halogens is 4. The van der Waals surface area contributed by atoms with Crippen molar-refractivity contribution < 1.29 is 18.0 Å². The van der Waals surface area contributed by atoms with Crippen molar-refractivity contribution in [3.8, 4) is 6.07 Å². The van der Waals surface area contributed by atoms with Crippen LogP contribution < -0.4 is 0 Å². The fourth-order valence-electron chi connectivity index (χ4n) is 1.37. The second-order valence-electron chi connectivity index (χ2n) is 3.62. The molecule has 0 aliphatic carbocycles. The zero-order valence-corrected chi connectivity index (χ0v) is 10.4. The number of nitriles is 1. The SMILES string of the molecule is N#CCCN(CC(F)(F)F)C(=O)c1ccnc(Cl)c1. The molecule has 0 aliphatic heterocycles.